The minimum atomic E-state index is -4.52. The highest BCUT2D eigenvalue weighted by Gasteiger charge is 2.31. The summed E-state index contributed by atoms with van der Waals surface area (Å²) >= 11 is 0. The van der Waals surface area contributed by atoms with Crippen LogP contribution in [-0.4, -0.2) is 28.7 Å². The first-order valence-corrected chi connectivity index (χ1v) is 13.6. The number of fused-ring (bicyclic) bond motifs is 1. The van der Waals surface area contributed by atoms with Gasteiger partial charge in [-0.3, -0.25) is 9.08 Å². The zero-order chi connectivity index (χ0) is 31.0. The fourth-order valence-corrected chi connectivity index (χ4v) is 4.72. The SMILES string of the molecule is C=C(Nc1cc(-n2cnc(C)c2)cc(C(F)(F)F)c1)c1ccc(C)c(C#Cc2cnc3c(Nc4cnn(C)c4)cccn23)c1. The number of nitrogens with zero attached hydrogens (tertiary/aromatic N) is 6. The monoisotopic (exact) mass is 592 g/mol. The minimum Gasteiger partial charge on any atom is -0.355 e. The fourth-order valence-electron chi connectivity index (χ4n) is 4.72. The van der Waals surface area contributed by atoms with Crippen LogP contribution < -0.4 is 10.6 Å². The molecule has 0 aliphatic heterocycles. The standard InChI is InChI=1S/C33H27F3N8/c1-21-7-8-25(23(3)40-27-13-26(33(34,35)36)14-30(15-27)43-18-22(2)38-20-43)12-24(21)9-10-29-17-37-32-31(6-5-11-44(29)32)41-28-16-39-42(4)19-28/h5-8,11-20,40-41H,3H2,1-2,4H3. The van der Waals surface area contributed by atoms with Crippen LogP contribution in [0.2, 0.25) is 0 Å². The number of aryl methyl sites for hydroxylation is 3. The van der Waals surface area contributed by atoms with Crippen LogP contribution in [0.3, 0.4) is 0 Å². The van der Waals surface area contributed by atoms with Gasteiger partial charge in [0.2, 0.25) is 0 Å². The Morgan fingerprint density at radius 2 is 1.80 bits per heavy atom. The van der Waals surface area contributed by atoms with Gasteiger partial charge in [0.25, 0.3) is 0 Å². The van der Waals surface area contributed by atoms with Crippen molar-refractivity contribution in [2.24, 2.45) is 7.05 Å². The maximum Gasteiger partial charge on any atom is 0.416 e. The largest absolute Gasteiger partial charge is 0.416 e. The maximum atomic E-state index is 13.7. The summed E-state index contributed by atoms with van der Waals surface area (Å²) in [6.07, 6.45) is 5.84. The molecule has 220 valence electrons. The molecule has 0 amide bonds. The molecule has 0 aliphatic rings. The Bertz CT molecular complexity index is 2090. The van der Waals surface area contributed by atoms with Gasteiger partial charge in [0.15, 0.2) is 5.65 Å². The highest BCUT2D eigenvalue weighted by molar-refractivity contribution is 5.78. The summed E-state index contributed by atoms with van der Waals surface area (Å²) in [6, 6.07) is 13.2. The molecule has 8 nitrogen and oxygen atoms in total. The lowest BCUT2D eigenvalue weighted by Gasteiger charge is -2.16. The van der Waals surface area contributed by atoms with Crippen molar-refractivity contribution in [3.63, 3.8) is 0 Å². The number of pyridine rings is 1. The molecule has 4 heterocycles. The van der Waals surface area contributed by atoms with Gasteiger partial charge in [-0.25, -0.2) is 9.97 Å². The summed E-state index contributed by atoms with van der Waals surface area (Å²) in [4.78, 5) is 8.70. The second kappa shape index (κ2) is 11.1. The van der Waals surface area contributed by atoms with Gasteiger partial charge in [0.05, 0.1) is 41.4 Å². The van der Waals surface area contributed by atoms with Crippen LogP contribution in [0.15, 0.2) is 92.4 Å². The number of nitrogens with one attached hydrogen (secondary N) is 2. The molecule has 44 heavy (non-hydrogen) atoms. The summed E-state index contributed by atoms with van der Waals surface area (Å²) in [7, 11) is 1.85. The summed E-state index contributed by atoms with van der Waals surface area (Å²) in [5, 5.41) is 10.6. The van der Waals surface area contributed by atoms with E-state index in [0.29, 0.717) is 28.3 Å². The van der Waals surface area contributed by atoms with Gasteiger partial charge in [-0.15, -0.1) is 0 Å². The third kappa shape index (κ3) is 5.91. The molecule has 0 fully saturated rings. The molecule has 11 heteroatoms. The van der Waals surface area contributed by atoms with Crippen molar-refractivity contribution in [2.75, 3.05) is 10.6 Å². The molecule has 0 saturated carbocycles. The van der Waals surface area contributed by atoms with E-state index in [0.717, 1.165) is 40.3 Å². The second-order valence-electron chi connectivity index (χ2n) is 10.4. The molecular formula is C33H27F3N8. The topological polar surface area (TPSA) is 77.0 Å². The molecule has 0 saturated heterocycles. The van der Waals surface area contributed by atoms with E-state index in [2.05, 4.69) is 44.1 Å². The average molecular weight is 593 g/mol. The number of hydrogen-bond donors (Lipinski definition) is 2. The Kier molecular flexibility index (Phi) is 7.19. The lowest BCUT2D eigenvalue weighted by Crippen LogP contribution is -2.08. The molecule has 0 unspecified atom stereocenters. The molecule has 4 aromatic heterocycles. The average Bonchev–Trinajstić information content (AvgIpc) is 3.72. The van der Waals surface area contributed by atoms with Gasteiger partial charge < -0.3 is 15.2 Å². The predicted octanol–water partition coefficient (Wildman–Crippen LogP) is 7.12. The van der Waals surface area contributed by atoms with Crippen molar-refractivity contribution in [1.29, 1.82) is 0 Å². The first kappa shape index (κ1) is 28.4. The minimum absolute atomic E-state index is 0.251. The third-order valence-electron chi connectivity index (χ3n) is 6.98. The van der Waals surface area contributed by atoms with Crippen LogP contribution in [0.25, 0.3) is 17.0 Å². The van der Waals surface area contributed by atoms with Crippen molar-refractivity contribution in [1.82, 2.24) is 28.7 Å². The van der Waals surface area contributed by atoms with Crippen LogP contribution in [-0.2, 0) is 13.2 Å². The number of alkyl halides is 3. The van der Waals surface area contributed by atoms with Crippen molar-refractivity contribution in [3.05, 3.63) is 126 Å². The molecule has 6 aromatic rings. The lowest BCUT2D eigenvalue weighted by atomic mass is 10.0. The normalized spacial score (nSPS) is 11.3. The summed E-state index contributed by atoms with van der Waals surface area (Å²) in [5.41, 5.74) is 6.39. The molecular weight excluding hydrogens is 565 g/mol. The zero-order valence-corrected chi connectivity index (χ0v) is 24.1. The van der Waals surface area contributed by atoms with Crippen LogP contribution in [0, 0.1) is 25.7 Å². The zero-order valence-electron chi connectivity index (χ0n) is 24.1. The van der Waals surface area contributed by atoms with Crippen molar-refractivity contribution >= 4 is 28.4 Å². The van der Waals surface area contributed by atoms with Crippen molar-refractivity contribution in [3.8, 4) is 17.5 Å². The number of benzene rings is 2. The quantitative estimate of drug-likeness (QED) is 0.202. The second-order valence-corrected chi connectivity index (χ2v) is 10.4. The molecule has 0 spiro atoms. The number of rotatable bonds is 6. The number of aromatic nitrogens is 6. The van der Waals surface area contributed by atoms with E-state index in [1.54, 1.807) is 40.8 Å². The number of imidazole rings is 2. The molecule has 0 radical (unpaired) electrons. The lowest BCUT2D eigenvalue weighted by molar-refractivity contribution is -0.137. The van der Waals surface area contributed by atoms with Crippen LogP contribution in [0.1, 0.15) is 33.6 Å². The number of halogens is 3. The Labute approximate surface area is 251 Å². The van der Waals surface area contributed by atoms with Gasteiger partial charge in [0, 0.05) is 48.3 Å². The van der Waals surface area contributed by atoms with Gasteiger partial charge in [-0.1, -0.05) is 24.6 Å². The van der Waals surface area contributed by atoms with Gasteiger partial charge in [-0.05, 0) is 67.3 Å². The molecule has 2 N–H and O–H groups in total. The molecule has 0 atom stereocenters. The first-order valence-electron chi connectivity index (χ1n) is 13.6. The Morgan fingerprint density at radius 3 is 2.52 bits per heavy atom. The van der Waals surface area contributed by atoms with Gasteiger partial charge in [-0.2, -0.15) is 18.3 Å². The van der Waals surface area contributed by atoms with E-state index in [1.807, 2.05) is 61.1 Å². The molecule has 6 rings (SSSR count). The first-order chi connectivity index (χ1) is 21.0. The Balaban J connectivity index is 1.27. The summed E-state index contributed by atoms with van der Waals surface area (Å²) < 4.78 is 46.4. The number of anilines is 3. The van der Waals surface area contributed by atoms with Crippen molar-refractivity contribution in [2.45, 2.75) is 20.0 Å². The summed E-state index contributed by atoms with van der Waals surface area (Å²) in [5.74, 6) is 6.44. The van der Waals surface area contributed by atoms with E-state index in [-0.39, 0.29) is 5.69 Å². The van der Waals surface area contributed by atoms with Gasteiger partial charge >= 0.3 is 6.18 Å². The van der Waals surface area contributed by atoms with E-state index in [1.165, 1.54) is 6.33 Å². The fraction of sp³-hybridized carbons (Fsp3) is 0.121. The van der Waals surface area contributed by atoms with Crippen LogP contribution in [0.4, 0.5) is 30.2 Å². The van der Waals surface area contributed by atoms with E-state index in [9.17, 15) is 13.2 Å². The molecule has 2 aromatic carbocycles. The van der Waals surface area contributed by atoms with Crippen molar-refractivity contribution < 1.29 is 13.2 Å². The molecule has 0 bridgehead atoms. The van der Waals surface area contributed by atoms with E-state index < -0.39 is 11.7 Å². The van der Waals surface area contributed by atoms with Crippen LogP contribution >= 0.6 is 0 Å². The third-order valence-corrected chi connectivity index (χ3v) is 6.98. The maximum absolute atomic E-state index is 13.7. The smallest absolute Gasteiger partial charge is 0.355 e. The predicted molar refractivity (Wildman–Crippen MR) is 165 cm³/mol. The molecule has 0 aliphatic carbocycles. The van der Waals surface area contributed by atoms with E-state index >= 15 is 0 Å². The summed E-state index contributed by atoms with van der Waals surface area (Å²) in [6.45, 7) is 7.82. The van der Waals surface area contributed by atoms with Crippen LogP contribution in [0.5, 0.6) is 0 Å². The Morgan fingerprint density at radius 1 is 0.955 bits per heavy atom. The Hall–Kier alpha value is -5.76. The number of hydrogen-bond acceptors (Lipinski definition) is 5. The van der Waals surface area contributed by atoms with Gasteiger partial charge in [0.1, 0.15) is 5.69 Å². The van der Waals surface area contributed by atoms with E-state index in [4.69, 9.17) is 0 Å². The highest BCUT2D eigenvalue weighted by atomic mass is 19.4. The highest BCUT2D eigenvalue weighted by Crippen LogP contribution is 2.34.